The molecule has 2 aromatic rings. The van der Waals surface area contributed by atoms with E-state index in [0.29, 0.717) is 6.42 Å². The molecule has 0 aliphatic heterocycles. The monoisotopic (exact) mass is 212 g/mol. The molecular formula is C13H12N2O. The predicted molar refractivity (Wildman–Crippen MR) is 60.8 cm³/mol. The Labute approximate surface area is 93.7 Å². The third-order valence-electron chi connectivity index (χ3n) is 3.01. The summed E-state index contributed by atoms with van der Waals surface area (Å²) in [6, 6.07) is 7.72. The highest BCUT2D eigenvalue weighted by Gasteiger charge is 2.21. The van der Waals surface area contributed by atoms with Gasteiger partial charge in [-0.2, -0.15) is 0 Å². The van der Waals surface area contributed by atoms with E-state index in [2.05, 4.69) is 4.98 Å². The molecule has 16 heavy (non-hydrogen) atoms. The van der Waals surface area contributed by atoms with E-state index in [1.165, 1.54) is 0 Å². The van der Waals surface area contributed by atoms with Crippen molar-refractivity contribution in [3.8, 4) is 5.82 Å². The van der Waals surface area contributed by atoms with E-state index >= 15 is 0 Å². The Balaban J connectivity index is 2.13. The number of hydrogen-bond donors (Lipinski definition) is 0. The van der Waals surface area contributed by atoms with Crippen molar-refractivity contribution in [2.75, 3.05) is 0 Å². The molecule has 0 radical (unpaired) electrons. The number of nitrogens with zero attached hydrogens (tertiary/aromatic N) is 2. The van der Waals surface area contributed by atoms with E-state index in [0.717, 1.165) is 29.9 Å². The van der Waals surface area contributed by atoms with Gasteiger partial charge in [0.05, 0.1) is 0 Å². The highest BCUT2D eigenvalue weighted by molar-refractivity contribution is 5.98. The van der Waals surface area contributed by atoms with Gasteiger partial charge in [-0.05, 0) is 31.0 Å². The molecule has 0 saturated carbocycles. The van der Waals surface area contributed by atoms with Gasteiger partial charge in [0.2, 0.25) is 0 Å². The van der Waals surface area contributed by atoms with Gasteiger partial charge in [0.25, 0.3) is 0 Å². The molecule has 0 bridgehead atoms. The second-order valence-corrected chi connectivity index (χ2v) is 4.01. The van der Waals surface area contributed by atoms with Crippen LogP contribution in [-0.2, 0) is 6.42 Å². The molecule has 1 aliphatic carbocycles. The molecule has 0 saturated heterocycles. The average Bonchev–Trinajstić information content (AvgIpc) is 2.75. The third kappa shape index (κ3) is 1.36. The molecule has 1 aliphatic rings. The summed E-state index contributed by atoms with van der Waals surface area (Å²) >= 11 is 0. The molecule has 0 spiro atoms. The molecule has 0 unspecified atom stereocenters. The number of aromatic nitrogens is 2. The van der Waals surface area contributed by atoms with Crippen LogP contribution >= 0.6 is 0 Å². The van der Waals surface area contributed by atoms with Crippen molar-refractivity contribution in [3.05, 3.63) is 47.9 Å². The van der Waals surface area contributed by atoms with Crippen LogP contribution in [0.1, 0.15) is 28.9 Å². The van der Waals surface area contributed by atoms with Gasteiger partial charge in [-0.15, -0.1) is 0 Å². The minimum absolute atomic E-state index is 0.260. The molecule has 80 valence electrons. The van der Waals surface area contributed by atoms with Gasteiger partial charge in [-0.25, -0.2) is 4.98 Å². The van der Waals surface area contributed by atoms with Crippen LogP contribution in [0.2, 0.25) is 0 Å². The maximum Gasteiger partial charge on any atom is 0.164 e. The molecule has 0 N–H and O–H groups in total. The number of rotatable bonds is 1. The topological polar surface area (TPSA) is 34.9 Å². The summed E-state index contributed by atoms with van der Waals surface area (Å²) in [5, 5.41) is 0. The molecule has 0 atom stereocenters. The first-order valence-corrected chi connectivity index (χ1v) is 5.51. The Kier molecular flexibility index (Phi) is 2.10. The molecular weight excluding hydrogens is 200 g/mol. The zero-order valence-electron chi connectivity index (χ0n) is 8.89. The zero-order valence-corrected chi connectivity index (χ0v) is 8.89. The number of carbonyl (C=O) groups is 1. The summed E-state index contributed by atoms with van der Waals surface area (Å²) in [6.45, 7) is 0. The number of Topliss-reactive ketones (excluding diaryl/α,β-unsaturated/α-hetero) is 1. The van der Waals surface area contributed by atoms with Gasteiger partial charge >= 0.3 is 0 Å². The van der Waals surface area contributed by atoms with Crippen LogP contribution in [0.5, 0.6) is 0 Å². The zero-order chi connectivity index (χ0) is 11.0. The molecule has 3 rings (SSSR count). The minimum atomic E-state index is 0.260. The first-order chi connectivity index (χ1) is 7.86. The summed E-state index contributed by atoms with van der Waals surface area (Å²) < 4.78 is 2.02. The van der Waals surface area contributed by atoms with Crippen LogP contribution in [0.25, 0.3) is 5.82 Å². The van der Waals surface area contributed by atoms with Crippen LogP contribution < -0.4 is 0 Å². The maximum atomic E-state index is 11.7. The fraction of sp³-hybridized carbons (Fsp3) is 0.231. The summed E-state index contributed by atoms with van der Waals surface area (Å²) in [5.41, 5.74) is 1.98. The van der Waals surface area contributed by atoms with Gasteiger partial charge in [-0.1, -0.05) is 6.07 Å². The molecule has 3 heteroatoms. The fourth-order valence-corrected chi connectivity index (χ4v) is 2.24. The van der Waals surface area contributed by atoms with E-state index < -0.39 is 0 Å². The summed E-state index contributed by atoms with van der Waals surface area (Å²) in [4.78, 5) is 16.0. The quantitative estimate of drug-likeness (QED) is 0.727. The van der Waals surface area contributed by atoms with Gasteiger partial charge < -0.3 is 4.57 Å². The van der Waals surface area contributed by atoms with E-state index in [1.807, 2.05) is 35.0 Å². The van der Waals surface area contributed by atoms with Gasteiger partial charge in [0.1, 0.15) is 5.82 Å². The van der Waals surface area contributed by atoms with Crippen LogP contribution in [0.3, 0.4) is 0 Å². The second-order valence-electron chi connectivity index (χ2n) is 4.01. The Morgan fingerprint density at radius 1 is 1.19 bits per heavy atom. The number of carbonyl (C=O) groups excluding carboxylic acids is 1. The van der Waals surface area contributed by atoms with Crippen molar-refractivity contribution < 1.29 is 4.79 Å². The lowest BCUT2D eigenvalue weighted by Crippen LogP contribution is -2.12. The number of pyridine rings is 1. The van der Waals surface area contributed by atoms with Gasteiger partial charge in [0.15, 0.2) is 5.78 Å². The lowest BCUT2D eigenvalue weighted by molar-refractivity contribution is 0.0972. The molecule has 2 heterocycles. The van der Waals surface area contributed by atoms with Crippen LogP contribution in [0.4, 0.5) is 0 Å². The average molecular weight is 212 g/mol. The lowest BCUT2D eigenvalue weighted by Gasteiger charge is -2.14. The highest BCUT2D eigenvalue weighted by atomic mass is 16.1. The molecule has 3 nitrogen and oxygen atoms in total. The molecule has 0 fully saturated rings. The molecule has 2 aromatic heterocycles. The summed E-state index contributed by atoms with van der Waals surface area (Å²) in [6.07, 6.45) is 6.30. The fourth-order valence-electron chi connectivity index (χ4n) is 2.24. The minimum Gasteiger partial charge on any atom is -0.305 e. The van der Waals surface area contributed by atoms with Crippen molar-refractivity contribution in [1.82, 2.24) is 9.55 Å². The smallest absolute Gasteiger partial charge is 0.164 e. The SMILES string of the molecule is O=C1CCCc2c1ccn2-c1ccccn1. The van der Waals surface area contributed by atoms with Crippen molar-refractivity contribution in [2.24, 2.45) is 0 Å². The Bertz CT molecular complexity index is 528. The Morgan fingerprint density at radius 2 is 2.12 bits per heavy atom. The number of hydrogen-bond acceptors (Lipinski definition) is 2. The lowest BCUT2D eigenvalue weighted by atomic mass is 9.97. The van der Waals surface area contributed by atoms with E-state index in [9.17, 15) is 4.79 Å². The number of fused-ring (bicyclic) bond motifs is 1. The molecule has 0 amide bonds. The standard InChI is InChI=1S/C13H12N2O/c16-12-5-3-4-11-10(12)7-9-15(11)13-6-1-2-8-14-13/h1-2,6-9H,3-5H2. The van der Waals surface area contributed by atoms with Crippen molar-refractivity contribution in [2.45, 2.75) is 19.3 Å². The largest absolute Gasteiger partial charge is 0.305 e. The highest BCUT2D eigenvalue weighted by Crippen LogP contribution is 2.24. The van der Waals surface area contributed by atoms with Crippen LogP contribution in [0, 0.1) is 0 Å². The third-order valence-corrected chi connectivity index (χ3v) is 3.01. The predicted octanol–water partition coefficient (Wildman–Crippen LogP) is 2.39. The Hall–Kier alpha value is -1.90. The maximum absolute atomic E-state index is 11.7. The number of ketones is 1. The first-order valence-electron chi connectivity index (χ1n) is 5.51. The van der Waals surface area contributed by atoms with E-state index in [4.69, 9.17) is 0 Å². The molecule has 0 aromatic carbocycles. The van der Waals surface area contributed by atoms with Crippen molar-refractivity contribution in [3.63, 3.8) is 0 Å². The summed E-state index contributed by atoms with van der Waals surface area (Å²) in [5.74, 6) is 1.15. The summed E-state index contributed by atoms with van der Waals surface area (Å²) in [7, 11) is 0. The normalized spacial score (nSPS) is 14.9. The van der Waals surface area contributed by atoms with Crippen LogP contribution in [0.15, 0.2) is 36.7 Å². The second kappa shape index (κ2) is 3.59. The van der Waals surface area contributed by atoms with Gasteiger partial charge in [-0.3, -0.25) is 4.79 Å². The van der Waals surface area contributed by atoms with Crippen LogP contribution in [-0.4, -0.2) is 15.3 Å². The van der Waals surface area contributed by atoms with Crippen molar-refractivity contribution >= 4 is 5.78 Å². The van der Waals surface area contributed by atoms with E-state index in [1.54, 1.807) is 6.20 Å². The first kappa shape index (κ1) is 9.33. The Morgan fingerprint density at radius 3 is 2.94 bits per heavy atom. The van der Waals surface area contributed by atoms with Crippen molar-refractivity contribution in [1.29, 1.82) is 0 Å². The van der Waals surface area contributed by atoms with Gasteiger partial charge in [0, 0.05) is 30.1 Å². The van der Waals surface area contributed by atoms with E-state index in [-0.39, 0.29) is 5.78 Å².